The fourth-order valence-corrected chi connectivity index (χ4v) is 3.50. The van der Waals surface area contributed by atoms with Crippen molar-refractivity contribution in [1.29, 1.82) is 0 Å². The number of nitrogens with one attached hydrogen (secondary N) is 4. The average Bonchev–Trinajstić information content (AvgIpc) is 2.28. The smallest absolute Gasteiger partial charge is 0.0144 e. The second-order valence-electron chi connectivity index (χ2n) is 7.51. The van der Waals surface area contributed by atoms with Crippen LogP contribution < -0.4 is 21.3 Å². The van der Waals surface area contributed by atoms with Crippen LogP contribution in [0.4, 0.5) is 0 Å². The maximum atomic E-state index is 3.74. The topological polar surface area (TPSA) is 48.1 Å². The zero-order valence-electron chi connectivity index (χ0n) is 14.2. The Morgan fingerprint density at radius 2 is 1.45 bits per heavy atom. The van der Waals surface area contributed by atoms with Crippen LogP contribution in [0.5, 0.6) is 0 Å². The van der Waals surface area contributed by atoms with Gasteiger partial charge in [-0.1, -0.05) is 0 Å². The Morgan fingerprint density at radius 3 is 2.00 bits per heavy atom. The largest absolute Gasteiger partial charge is 0.320 e. The zero-order valence-corrected chi connectivity index (χ0v) is 14.2. The summed E-state index contributed by atoms with van der Waals surface area (Å²) in [7, 11) is 2.01. The van der Waals surface area contributed by atoms with Gasteiger partial charge in [-0.15, -0.1) is 0 Å². The quantitative estimate of drug-likeness (QED) is 0.484. The van der Waals surface area contributed by atoms with E-state index in [1.165, 1.54) is 25.7 Å². The van der Waals surface area contributed by atoms with Crippen LogP contribution in [0.25, 0.3) is 0 Å². The molecule has 1 saturated heterocycles. The Labute approximate surface area is 125 Å². The summed E-state index contributed by atoms with van der Waals surface area (Å²) >= 11 is 0. The molecule has 1 heterocycles. The molecule has 0 aromatic carbocycles. The van der Waals surface area contributed by atoms with E-state index in [9.17, 15) is 0 Å². The van der Waals surface area contributed by atoms with Crippen molar-refractivity contribution in [3.8, 4) is 0 Å². The molecule has 4 N–H and O–H groups in total. The predicted molar refractivity (Wildman–Crippen MR) is 88.3 cm³/mol. The van der Waals surface area contributed by atoms with E-state index in [0.29, 0.717) is 6.04 Å². The molecule has 1 aliphatic heterocycles. The third-order valence-corrected chi connectivity index (χ3v) is 3.93. The first-order valence-corrected chi connectivity index (χ1v) is 8.23. The highest BCUT2D eigenvalue weighted by Gasteiger charge is 2.37. The van der Waals surface area contributed by atoms with Gasteiger partial charge in [0.15, 0.2) is 0 Å². The van der Waals surface area contributed by atoms with Gasteiger partial charge in [-0.05, 0) is 86.6 Å². The molecular weight excluding hydrogens is 248 g/mol. The molecule has 20 heavy (non-hydrogen) atoms. The van der Waals surface area contributed by atoms with Crippen LogP contribution in [0.15, 0.2) is 0 Å². The van der Waals surface area contributed by atoms with Gasteiger partial charge in [-0.3, -0.25) is 0 Å². The summed E-state index contributed by atoms with van der Waals surface area (Å²) in [6.07, 6.45) is 4.85. The van der Waals surface area contributed by atoms with Gasteiger partial charge >= 0.3 is 0 Å². The highest BCUT2D eigenvalue weighted by atomic mass is 15.1. The number of hydrogen-bond donors (Lipinski definition) is 4. The van der Waals surface area contributed by atoms with Crippen molar-refractivity contribution in [1.82, 2.24) is 21.3 Å². The molecule has 0 bridgehead atoms. The van der Waals surface area contributed by atoms with Crippen molar-refractivity contribution in [2.75, 3.05) is 33.2 Å². The normalized spacial score (nSPS) is 22.1. The summed E-state index contributed by atoms with van der Waals surface area (Å²) in [5.41, 5.74) is 0.482. The second kappa shape index (κ2) is 8.32. The molecule has 0 amide bonds. The molecule has 0 atom stereocenters. The van der Waals surface area contributed by atoms with Crippen molar-refractivity contribution in [3.63, 3.8) is 0 Å². The molecule has 0 radical (unpaired) electrons. The van der Waals surface area contributed by atoms with Crippen LogP contribution in [0.2, 0.25) is 0 Å². The first-order chi connectivity index (χ1) is 9.35. The number of piperidine rings is 1. The lowest BCUT2D eigenvalue weighted by molar-refractivity contribution is 0.146. The minimum atomic E-state index is 0.241. The van der Waals surface area contributed by atoms with E-state index in [4.69, 9.17) is 0 Å². The molecular formula is C16H36N4. The summed E-state index contributed by atoms with van der Waals surface area (Å²) in [4.78, 5) is 0. The molecule has 0 spiro atoms. The standard InChI is InChI=1S/C16H36N4/c1-15(2)12-14(13-16(3,4)20-15)19-11-7-10-18-9-6-8-17-5/h14,17-20H,6-13H2,1-5H3. The van der Waals surface area contributed by atoms with Gasteiger partial charge in [0.25, 0.3) is 0 Å². The summed E-state index contributed by atoms with van der Waals surface area (Å²) in [5, 5.41) is 14.1. The van der Waals surface area contributed by atoms with Gasteiger partial charge in [0, 0.05) is 17.1 Å². The third-order valence-electron chi connectivity index (χ3n) is 3.93. The molecule has 4 nitrogen and oxygen atoms in total. The summed E-state index contributed by atoms with van der Waals surface area (Å²) in [5.74, 6) is 0. The predicted octanol–water partition coefficient (Wildman–Crippen LogP) is 1.47. The Morgan fingerprint density at radius 1 is 0.900 bits per heavy atom. The van der Waals surface area contributed by atoms with Crippen LogP contribution in [0.1, 0.15) is 53.4 Å². The van der Waals surface area contributed by atoms with Crippen LogP contribution in [-0.2, 0) is 0 Å². The number of hydrogen-bond acceptors (Lipinski definition) is 4. The lowest BCUT2D eigenvalue weighted by Gasteiger charge is -2.46. The van der Waals surface area contributed by atoms with E-state index in [-0.39, 0.29) is 11.1 Å². The van der Waals surface area contributed by atoms with E-state index in [0.717, 1.165) is 26.2 Å². The molecule has 4 heteroatoms. The number of rotatable bonds is 9. The first kappa shape index (κ1) is 17.9. The Balaban J connectivity index is 2.09. The maximum Gasteiger partial charge on any atom is 0.0144 e. The van der Waals surface area contributed by atoms with E-state index < -0.39 is 0 Å². The molecule has 0 aromatic rings. The molecule has 0 aliphatic carbocycles. The molecule has 1 aliphatic rings. The Bertz CT molecular complexity index is 247. The van der Waals surface area contributed by atoms with E-state index in [1.54, 1.807) is 0 Å². The van der Waals surface area contributed by atoms with E-state index in [1.807, 2.05) is 7.05 Å². The van der Waals surface area contributed by atoms with Gasteiger partial charge < -0.3 is 21.3 Å². The Hall–Kier alpha value is -0.160. The molecule has 1 fully saturated rings. The monoisotopic (exact) mass is 284 g/mol. The van der Waals surface area contributed by atoms with Crippen LogP contribution in [-0.4, -0.2) is 50.3 Å². The molecule has 1 rings (SSSR count). The van der Waals surface area contributed by atoms with Gasteiger partial charge in [0.05, 0.1) is 0 Å². The lowest BCUT2D eigenvalue weighted by atomic mass is 9.79. The van der Waals surface area contributed by atoms with E-state index >= 15 is 0 Å². The Kier molecular flexibility index (Phi) is 7.45. The minimum absolute atomic E-state index is 0.241. The fraction of sp³-hybridized carbons (Fsp3) is 1.00. The van der Waals surface area contributed by atoms with Crippen molar-refractivity contribution in [2.45, 2.75) is 70.5 Å². The van der Waals surface area contributed by atoms with Gasteiger partial charge in [0.2, 0.25) is 0 Å². The average molecular weight is 284 g/mol. The maximum absolute atomic E-state index is 3.74. The summed E-state index contributed by atoms with van der Waals surface area (Å²) in [6.45, 7) is 13.7. The van der Waals surface area contributed by atoms with Crippen LogP contribution >= 0.6 is 0 Å². The SMILES string of the molecule is CNCCCNCCCNC1CC(C)(C)NC(C)(C)C1. The van der Waals surface area contributed by atoms with Crippen molar-refractivity contribution in [3.05, 3.63) is 0 Å². The second-order valence-corrected chi connectivity index (χ2v) is 7.51. The van der Waals surface area contributed by atoms with Gasteiger partial charge in [-0.25, -0.2) is 0 Å². The van der Waals surface area contributed by atoms with Crippen molar-refractivity contribution in [2.24, 2.45) is 0 Å². The lowest BCUT2D eigenvalue weighted by Crippen LogP contribution is -2.61. The summed E-state index contributed by atoms with van der Waals surface area (Å²) < 4.78 is 0. The third kappa shape index (κ3) is 7.58. The minimum Gasteiger partial charge on any atom is -0.320 e. The highest BCUT2D eigenvalue weighted by Crippen LogP contribution is 2.28. The molecule has 0 unspecified atom stereocenters. The summed E-state index contributed by atoms with van der Waals surface area (Å²) in [6, 6.07) is 0.644. The first-order valence-electron chi connectivity index (χ1n) is 8.23. The highest BCUT2D eigenvalue weighted by molar-refractivity contribution is 4.99. The molecule has 0 aromatic heterocycles. The van der Waals surface area contributed by atoms with E-state index in [2.05, 4.69) is 49.0 Å². The molecule has 0 saturated carbocycles. The van der Waals surface area contributed by atoms with Crippen molar-refractivity contribution < 1.29 is 0 Å². The van der Waals surface area contributed by atoms with Gasteiger partial charge in [0.1, 0.15) is 0 Å². The fourth-order valence-electron chi connectivity index (χ4n) is 3.50. The van der Waals surface area contributed by atoms with Crippen molar-refractivity contribution >= 4 is 0 Å². The van der Waals surface area contributed by atoms with Crippen LogP contribution in [0, 0.1) is 0 Å². The van der Waals surface area contributed by atoms with Gasteiger partial charge in [-0.2, -0.15) is 0 Å². The van der Waals surface area contributed by atoms with Crippen LogP contribution in [0.3, 0.4) is 0 Å². The molecule has 120 valence electrons. The zero-order chi connectivity index (χ0) is 15.1.